The monoisotopic (exact) mass is 671 g/mol. The highest BCUT2D eigenvalue weighted by molar-refractivity contribution is 6.30. The minimum Gasteiger partial charge on any atom is -0.368 e. The second-order valence-electron chi connectivity index (χ2n) is 15.8. The van der Waals surface area contributed by atoms with E-state index >= 15 is 4.79 Å². The lowest BCUT2D eigenvalue weighted by Crippen LogP contribution is -2.61. The highest BCUT2D eigenvalue weighted by Gasteiger charge is 2.59. The number of amides is 3. The van der Waals surface area contributed by atoms with E-state index in [2.05, 4.69) is 29.0 Å². The molecule has 1 N–H and O–H groups in total. The first kappa shape index (κ1) is 34.8. The van der Waals surface area contributed by atoms with Crippen LogP contribution >= 0.6 is 11.6 Å². The number of likely N-dealkylation sites (N-methyl/N-ethyl adjacent to an activating group) is 2. The molecule has 9 nitrogen and oxygen atoms in total. The lowest BCUT2D eigenvalue weighted by molar-refractivity contribution is -0.840. The van der Waals surface area contributed by atoms with Gasteiger partial charge in [0.15, 0.2) is 6.04 Å². The van der Waals surface area contributed by atoms with E-state index in [0.29, 0.717) is 37.7 Å². The Balaban J connectivity index is 1.32. The smallest absolute Gasteiger partial charge is 0.319 e. The normalized spacial score (nSPS) is 34.7. The van der Waals surface area contributed by atoms with E-state index in [1.807, 2.05) is 38.2 Å². The zero-order valence-electron chi connectivity index (χ0n) is 28.9. The van der Waals surface area contributed by atoms with E-state index in [-0.39, 0.29) is 57.8 Å². The maximum absolute atomic E-state index is 15.2. The van der Waals surface area contributed by atoms with Crippen LogP contribution in [-0.4, -0.2) is 109 Å². The van der Waals surface area contributed by atoms with Gasteiger partial charge in [-0.05, 0) is 87.8 Å². The molecule has 4 saturated heterocycles. The Morgan fingerprint density at radius 2 is 1.70 bits per heavy atom. The molecule has 3 amide bonds. The van der Waals surface area contributed by atoms with Crippen molar-refractivity contribution in [2.75, 3.05) is 46.4 Å². The quantitative estimate of drug-likeness (QED) is 0.387. The number of rotatable bonds is 8. The van der Waals surface area contributed by atoms with Crippen LogP contribution < -0.4 is 5.32 Å². The summed E-state index contributed by atoms with van der Waals surface area (Å²) in [6, 6.07) is 7.19. The van der Waals surface area contributed by atoms with Crippen molar-refractivity contribution < 1.29 is 28.3 Å². The third-order valence-corrected chi connectivity index (χ3v) is 12.3. The first-order chi connectivity index (χ1) is 22.5. The fraction of sp³-hybridized carbons (Fsp3) is 0.757. The summed E-state index contributed by atoms with van der Waals surface area (Å²) in [4.78, 5) is 47.8. The van der Waals surface area contributed by atoms with Crippen LogP contribution in [0.25, 0.3) is 0 Å². The number of nitrogens with one attached hydrogen (secondary N) is 1. The van der Waals surface area contributed by atoms with Gasteiger partial charge in [-0.15, -0.1) is 0 Å². The molecular weight excluding hydrogens is 616 g/mol. The number of nitrogens with zero attached hydrogens (tertiary/aromatic N) is 3. The van der Waals surface area contributed by atoms with Gasteiger partial charge in [-0.3, -0.25) is 19.0 Å². The first-order valence-corrected chi connectivity index (χ1v) is 18.6. The predicted molar refractivity (Wildman–Crippen MR) is 182 cm³/mol. The van der Waals surface area contributed by atoms with Crippen LogP contribution in [0, 0.1) is 11.3 Å². The van der Waals surface area contributed by atoms with Crippen molar-refractivity contribution in [1.29, 1.82) is 0 Å². The topological polar surface area (TPSA) is 88.2 Å². The third kappa shape index (κ3) is 7.30. The van der Waals surface area contributed by atoms with Crippen LogP contribution in [0.2, 0.25) is 5.02 Å². The molecule has 5 aliphatic rings. The fourth-order valence-corrected chi connectivity index (χ4v) is 9.38. The Morgan fingerprint density at radius 3 is 2.34 bits per heavy atom. The van der Waals surface area contributed by atoms with Gasteiger partial charge >= 0.3 is 5.91 Å². The Hall–Kier alpha value is -2.04. The molecule has 10 heteroatoms. The summed E-state index contributed by atoms with van der Waals surface area (Å²) < 4.78 is 12.2. The molecule has 7 atom stereocenters. The number of halogens is 1. The maximum atomic E-state index is 15.2. The summed E-state index contributed by atoms with van der Waals surface area (Å²) in [5.74, 6) is -0.335. The number of carbonyl (C=O) groups excluding carboxylic acids is 3. The van der Waals surface area contributed by atoms with Crippen LogP contribution in [0.3, 0.4) is 0 Å². The van der Waals surface area contributed by atoms with E-state index in [9.17, 15) is 9.59 Å². The molecule has 2 unspecified atom stereocenters. The Bertz CT molecular complexity index is 1270. The number of carbonyl (C=O) groups is 3. The van der Waals surface area contributed by atoms with Gasteiger partial charge in [0.1, 0.15) is 18.9 Å². The van der Waals surface area contributed by atoms with Crippen molar-refractivity contribution >= 4 is 29.3 Å². The number of quaternary nitrogens is 1. The van der Waals surface area contributed by atoms with Gasteiger partial charge in [-0.1, -0.05) is 37.6 Å². The van der Waals surface area contributed by atoms with Crippen molar-refractivity contribution in [2.45, 2.75) is 121 Å². The lowest BCUT2D eigenvalue weighted by Gasteiger charge is -2.43. The average molecular weight is 672 g/mol. The molecule has 47 heavy (non-hydrogen) atoms. The molecule has 0 bridgehead atoms. The van der Waals surface area contributed by atoms with Crippen molar-refractivity contribution in [3.8, 4) is 0 Å². The van der Waals surface area contributed by atoms with Crippen LogP contribution in [0.15, 0.2) is 24.3 Å². The molecule has 1 aromatic carbocycles. The zero-order valence-corrected chi connectivity index (χ0v) is 29.7. The summed E-state index contributed by atoms with van der Waals surface area (Å²) in [7, 11) is 1.96. The van der Waals surface area contributed by atoms with Crippen LogP contribution in [0.4, 0.5) is 0 Å². The second-order valence-corrected chi connectivity index (χ2v) is 16.2. The van der Waals surface area contributed by atoms with Crippen molar-refractivity contribution in [1.82, 2.24) is 15.1 Å². The molecule has 1 aromatic rings. The van der Waals surface area contributed by atoms with Gasteiger partial charge in [-0.2, -0.15) is 0 Å². The number of hydrogen-bond acceptors (Lipinski definition) is 6. The predicted octanol–water partition coefficient (Wildman–Crippen LogP) is 5.11. The van der Waals surface area contributed by atoms with Gasteiger partial charge in [0.05, 0.1) is 19.0 Å². The molecule has 4 heterocycles. The molecule has 260 valence electrons. The van der Waals surface area contributed by atoms with Crippen LogP contribution in [0.1, 0.15) is 96.5 Å². The summed E-state index contributed by atoms with van der Waals surface area (Å²) in [6.07, 6.45) is 8.77. The van der Waals surface area contributed by atoms with Crippen LogP contribution in [0.5, 0.6) is 0 Å². The van der Waals surface area contributed by atoms with Gasteiger partial charge < -0.3 is 19.7 Å². The minimum absolute atomic E-state index is 0.00185. The van der Waals surface area contributed by atoms with E-state index in [1.54, 1.807) is 0 Å². The van der Waals surface area contributed by atoms with Crippen molar-refractivity contribution in [3.63, 3.8) is 0 Å². The molecule has 4 aliphatic heterocycles. The Kier molecular flexibility index (Phi) is 10.7. The largest absolute Gasteiger partial charge is 0.368 e. The van der Waals surface area contributed by atoms with E-state index in [0.717, 1.165) is 76.5 Å². The number of likely N-dealkylation sites (tertiary alicyclic amines) is 2. The van der Waals surface area contributed by atoms with Crippen LogP contribution in [-0.2, 0) is 23.9 Å². The van der Waals surface area contributed by atoms with Gasteiger partial charge in [0.25, 0.3) is 11.8 Å². The second kappa shape index (κ2) is 14.4. The molecule has 1 aliphatic carbocycles. The number of ether oxygens (including phenoxy) is 2. The Labute approximate surface area is 286 Å². The number of hydrogen-bond donors (Lipinski definition) is 1. The molecule has 5 fully saturated rings. The summed E-state index contributed by atoms with van der Waals surface area (Å²) in [5.41, 5.74) is 1.34. The fourth-order valence-electron chi connectivity index (χ4n) is 9.25. The maximum Gasteiger partial charge on any atom is 0.319 e. The van der Waals surface area contributed by atoms with Gasteiger partial charge in [0, 0.05) is 56.3 Å². The summed E-state index contributed by atoms with van der Waals surface area (Å²) >= 11 is 6.29. The molecule has 0 spiro atoms. The third-order valence-electron chi connectivity index (χ3n) is 12.0. The highest BCUT2D eigenvalue weighted by Crippen LogP contribution is 2.43. The summed E-state index contributed by atoms with van der Waals surface area (Å²) in [6.45, 7) is 10.1. The molecule has 0 aromatic heterocycles. The number of benzene rings is 1. The standard InChI is InChI=1S/C37H55ClN4O5/c1-5-39-34(43)31-21-28(41(35(44)32-9-8-20-46-32)27-15-17-37(2,3)18-16-27)24-42(31,4)36(45)30-23-40(33-10-6-7-19-47-33)22-29(30)25-11-13-26(38)14-12-25/h11-14,27-33H,5-10,15-24H2,1-4H3/p+1/t28-,29-,30+,31-,32-,33?,42?/m0/s1. The van der Waals surface area contributed by atoms with Crippen molar-refractivity contribution in [3.05, 3.63) is 34.9 Å². The van der Waals surface area contributed by atoms with E-state index in [1.165, 1.54) is 0 Å². The van der Waals surface area contributed by atoms with Crippen molar-refractivity contribution in [2.24, 2.45) is 11.3 Å². The van der Waals surface area contributed by atoms with E-state index < -0.39 is 12.1 Å². The minimum atomic E-state index is -0.571. The SMILES string of the molecule is CCNC(=O)[C@@H]1C[C@H](N(C(=O)[C@@H]2CCCO2)C2CCC(C)(C)CC2)C[N+]1(C)C(=O)[C@@H]1CN(C2CCCCO2)C[C@H]1c1ccc(Cl)cc1. The van der Waals surface area contributed by atoms with Gasteiger partial charge in [-0.25, -0.2) is 4.79 Å². The molecule has 1 saturated carbocycles. The summed E-state index contributed by atoms with van der Waals surface area (Å²) in [5, 5.41) is 3.72. The zero-order chi connectivity index (χ0) is 33.3. The highest BCUT2D eigenvalue weighted by atomic mass is 35.5. The molecule has 6 rings (SSSR count). The van der Waals surface area contributed by atoms with E-state index in [4.69, 9.17) is 21.1 Å². The Morgan fingerprint density at radius 1 is 0.979 bits per heavy atom. The molecular formula is C37H56ClN4O5+. The first-order valence-electron chi connectivity index (χ1n) is 18.2. The molecule has 0 radical (unpaired) electrons. The lowest BCUT2D eigenvalue weighted by atomic mass is 9.75. The van der Waals surface area contributed by atoms with Gasteiger partial charge in [0.2, 0.25) is 0 Å². The average Bonchev–Trinajstić information content (AvgIpc) is 3.83.